The number of benzene rings is 3. The van der Waals surface area contributed by atoms with Gasteiger partial charge in [0.05, 0.1) is 10.9 Å². The number of carbonyl (C=O) groups excluding carboxylic acids is 1. The number of hydrogen-bond acceptors (Lipinski definition) is 3. The van der Waals surface area contributed by atoms with Gasteiger partial charge in [-0.15, -0.1) is 0 Å². The van der Waals surface area contributed by atoms with Crippen LogP contribution in [0.5, 0.6) is 0 Å². The van der Waals surface area contributed by atoms with E-state index in [0.29, 0.717) is 22.2 Å². The number of para-hydroxylation sites is 1. The SMILES string of the molecule is O=C(CCn1c(=S)[nH]c2ccccc2c1=O)NCC(c1ccccc1)c1ccccc1. The molecule has 0 aliphatic heterocycles. The smallest absolute Gasteiger partial charge is 0.262 e. The summed E-state index contributed by atoms with van der Waals surface area (Å²) in [6.45, 7) is 0.707. The second kappa shape index (κ2) is 9.53. The van der Waals surface area contributed by atoms with E-state index >= 15 is 0 Å². The van der Waals surface area contributed by atoms with Crippen LogP contribution in [0.4, 0.5) is 0 Å². The van der Waals surface area contributed by atoms with Gasteiger partial charge in [0.2, 0.25) is 5.91 Å². The van der Waals surface area contributed by atoms with Crippen molar-refractivity contribution in [2.45, 2.75) is 18.9 Å². The van der Waals surface area contributed by atoms with Crippen LogP contribution in [-0.4, -0.2) is 22.0 Å². The van der Waals surface area contributed by atoms with Crippen LogP contribution in [0, 0.1) is 4.77 Å². The Labute approximate surface area is 185 Å². The Hall–Kier alpha value is -3.51. The van der Waals surface area contributed by atoms with Gasteiger partial charge in [-0.1, -0.05) is 72.8 Å². The number of carbonyl (C=O) groups is 1. The van der Waals surface area contributed by atoms with E-state index in [1.54, 1.807) is 6.07 Å². The van der Waals surface area contributed by atoms with Crippen molar-refractivity contribution in [1.82, 2.24) is 14.9 Å². The summed E-state index contributed by atoms with van der Waals surface area (Å²) in [6, 6.07) is 27.5. The number of rotatable bonds is 7. The van der Waals surface area contributed by atoms with Crippen molar-refractivity contribution in [3.63, 3.8) is 0 Å². The summed E-state index contributed by atoms with van der Waals surface area (Å²) >= 11 is 5.33. The zero-order valence-electron chi connectivity index (χ0n) is 17.0. The predicted octanol–water partition coefficient (Wildman–Crippen LogP) is 4.40. The van der Waals surface area contributed by atoms with E-state index < -0.39 is 0 Å². The molecule has 156 valence electrons. The van der Waals surface area contributed by atoms with Crippen LogP contribution in [0.25, 0.3) is 10.9 Å². The number of nitrogens with zero attached hydrogens (tertiary/aromatic N) is 1. The van der Waals surface area contributed by atoms with Crippen LogP contribution in [0.2, 0.25) is 0 Å². The Morgan fingerprint density at radius 2 is 1.48 bits per heavy atom. The highest BCUT2D eigenvalue weighted by Gasteiger charge is 2.15. The van der Waals surface area contributed by atoms with Crippen LogP contribution in [0.1, 0.15) is 23.5 Å². The van der Waals surface area contributed by atoms with Crippen LogP contribution >= 0.6 is 12.2 Å². The van der Waals surface area contributed by atoms with Crippen LogP contribution in [0.3, 0.4) is 0 Å². The highest BCUT2D eigenvalue weighted by atomic mass is 32.1. The van der Waals surface area contributed by atoms with Gasteiger partial charge in [0.25, 0.3) is 5.56 Å². The fourth-order valence-electron chi connectivity index (χ4n) is 3.72. The minimum absolute atomic E-state index is 0.0533. The normalized spacial score (nSPS) is 11.0. The molecule has 3 aromatic carbocycles. The Morgan fingerprint density at radius 3 is 2.13 bits per heavy atom. The molecule has 0 spiro atoms. The van der Waals surface area contributed by atoms with Crippen molar-refractivity contribution in [3.05, 3.63) is 111 Å². The van der Waals surface area contributed by atoms with Crippen molar-refractivity contribution < 1.29 is 4.79 Å². The summed E-state index contributed by atoms with van der Waals surface area (Å²) in [5.74, 6) is -0.0658. The van der Waals surface area contributed by atoms with Crippen molar-refractivity contribution in [2.75, 3.05) is 6.54 Å². The number of amides is 1. The number of aromatic nitrogens is 2. The summed E-state index contributed by atoms with van der Waals surface area (Å²) in [7, 11) is 0. The Balaban J connectivity index is 1.46. The number of fused-ring (bicyclic) bond motifs is 1. The molecule has 4 rings (SSSR count). The molecule has 0 saturated carbocycles. The van der Waals surface area contributed by atoms with Crippen LogP contribution in [-0.2, 0) is 11.3 Å². The molecule has 0 unspecified atom stereocenters. The molecule has 0 aliphatic rings. The maximum absolute atomic E-state index is 12.7. The van der Waals surface area contributed by atoms with Gasteiger partial charge in [0.15, 0.2) is 4.77 Å². The number of H-pyrrole nitrogens is 1. The summed E-state index contributed by atoms with van der Waals surface area (Å²) in [5.41, 5.74) is 2.80. The molecular weight excluding hydrogens is 406 g/mol. The molecule has 5 nitrogen and oxygen atoms in total. The van der Waals surface area contributed by atoms with Gasteiger partial charge in [-0.05, 0) is 35.5 Å². The standard InChI is InChI=1S/C25H23N3O2S/c29-23(15-16-28-24(30)20-13-7-8-14-22(20)27-25(28)31)26-17-21(18-9-3-1-4-10-18)19-11-5-2-6-12-19/h1-14,21H,15-17H2,(H,26,29)(H,27,31). The second-order valence-electron chi connectivity index (χ2n) is 7.36. The molecule has 0 atom stereocenters. The van der Waals surface area contributed by atoms with Gasteiger partial charge in [-0.2, -0.15) is 0 Å². The highest BCUT2D eigenvalue weighted by molar-refractivity contribution is 7.71. The fraction of sp³-hybridized carbons (Fsp3) is 0.160. The van der Waals surface area contributed by atoms with Gasteiger partial charge in [0.1, 0.15) is 0 Å². The first kappa shape index (κ1) is 20.8. The number of hydrogen-bond donors (Lipinski definition) is 2. The van der Waals surface area contributed by atoms with E-state index in [2.05, 4.69) is 34.6 Å². The molecule has 1 amide bonds. The van der Waals surface area contributed by atoms with E-state index in [4.69, 9.17) is 12.2 Å². The molecule has 6 heteroatoms. The number of aromatic amines is 1. The Morgan fingerprint density at radius 1 is 0.903 bits per heavy atom. The van der Waals surface area contributed by atoms with Crippen molar-refractivity contribution >= 4 is 29.0 Å². The first-order valence-corrected chi connectivity index (χ1v) is 10.6. The third-order valence-corrected chi connectivity index (χ3v) is 5.68. The third-order valence-electron chi connectivity index (χ3n) is 5.36. The van der Waals surface area contributed by atoms with Crippen molar-refractivity contribution in [3.8, 4) is 0 Å². The van der Waals surface area contributed by atoms with E-state index in [1.165, 1.54) is 4.57 Å². The predicted molar refractivity (Wildman–Crippen MR) is 126 cm³/mol. The topological polar surface area (TPSA) is 66.9 Å². The zero-order chi connectivity index (χ0) is 21.6. The fourth-order valence-corrected chi connectivity index (χ4v) is 4.00. The van der Waals surface area contributed by atoms with Gasteiger partial charge < -0.3 is 10.3 Å². The maximum Gasteiger partial charge on any atom is 0.262 e. The first-order chi connectivity index (χ1) is 15.1. The van der Waals surface area contributed by atoms with Gasteiger partial charge >= 0.3 is 0 Å². The zero-order valence-corrected chi connectivity index (χ0v) is 17.8. The van der Waals surface area contributed by atoms with E-state index in [1.807, 2.05) is 54.6 Å². The third kappa shape index (κ3) is 4.81. The number of nitrogens with one attached hydrogen (secondary N) is 2. The molecule has 0 radical (unpaired) electrons. The van der Waals surface area contributed by atoms with Gasteiger partial charge in [-0.25, -0.2) is 0 Å². The van der Waals surface area contributed by atoms with E-state index in [-0.39, 0.29) is 30.3 Å². The lowest BCUT2D eigenvalue weighted by molar-refractivity contribution is -0.121. The molecule has 2 N–H and O–H groups in total. The maximum atomic E-state index is 12.7. The minimum Gasteiger partial charge on any atom is -0.355 e. The summed E-state index contributed by atoms with van der Waals surface area (Å²) in [6.07, 6.45) is 0.173. The second-order valence-corrected chi connectivity index (χ2v) is 7.75. The van der Waals surface area contributed by atoms with Gasteiger partial charge in [-0.3, -0.25) is 14.2 Å². The molecule has 1 aromatic heterocycles. The quantitative estimate of drug-likeness (QED) is 0.428. The van der Waals surface area contributed by atoms with Crippen molar-refractivity contribution in [2.24, 2.45) is 0 Å². The van der Waals surface area contributed by atoms with Crippen LogP contribution < -0.4 is 10.9 Å². The molecule has 0 fully saturated rings. The van der Waals surface area contributed by atoms with Crippen molar-refractivity contribution in [1.29, 1.82) is 0 Å². The lowest BCUT2D eigenvalue weighted by Gasteiger charge is -2.19. The van der Waals surface area contributed by atoms with Gasteiger partial charge in [0, 0.05) is 25.4 Å². The molecule has 0 bridgehead atoms. The largest absolute Gasteiger partial charge is 0.355 e. The molecule has 0 saturated heterocycles. The molecular formula is C25H23N3O2S. The van der Waals surface area contributed by atoms with E-state index in [9.17, 15) is 9.59 Å². The monoisotopic (exact) mass is 429 g/mol. The Bertz CT molecular complexity index is 1260. The average Bonchev–Trinajstić information content (AvgIpc) is 2.80. The van der Waals surface area contributed by atoms with Crippen LogP contribution in [0.15, 0.2) is 89.7 Å². The molecule has 1 heterocycles. The van der Waals surface area contributed by atoms with E-state index in [0.717, 1.165) is 11.1 Å². The minimum atomic E-state index is -0.182. The average molecular weight is 430 g/mol. The lowest BCUT2D eigenvalue weighted by Crippen LogP contribution is -2.31. The highest BCUT2D eigenvalue weighted by Crippen LogP contribution is 2.23. The Kier molecular flexibility index (Phi) is 6.38. The summed E-state index contributed by atoms with van der Waals surface area (Å²) in [5, 5.41) is 3.59. The molecule has 0 aliphatic carbocycles. The lowest BCUT2D eigenvalue weighted by atomic mass is 9.91. The first-order valence-electron chi connectivity index (χ1n) is 10.2. The summed E-state index contributed by atoms with van der Waals surface area (Å²) < 4.78 is 1.77. The summed E-state index contributed by atoms with van der Waals surface area (Å²) in [4.78, 5) is 28.4. The molecule has 31 heavy (non-hydrogen) atoms. The molecule has 4 aromatic rings.